The molecular weight excluding hydrogens is 727 g/mol. The molecule has 0 amide bonds. The zero-order valence-electron chi connectivity index (χ0n) is 32.9. The van der Waals surface area contributed by atoms with Crippen molar-refractivity contribution < 1.29 is 13.9 Å². The van der Waals surface area contributed by atoms with Crippen LogP contribution in [-0.4, -0.2) is 39.7 Å². The average Bonchev–Trinajstić information content (AvgIpc) is 3.90. The van der Waals surface area contributed by atoms with E-state index < -0.39 is 0 Å². The van der Waals surface area contributed by atoms with E-state index >= 15 is 0 Å². The van der Waals surface area contributed by atoms with Gasteiger partial charge < -0.3 is 4.74 Å². The first-order valence-electron chi connectivity index (χ1n) is 19.6. The Hall–Kier alpha value is -7.80. The van der Waals surface area contributed by atoms with E-state index in [-0.39, 0.29) is 5.41 Å². The molecule has 0 bridgehead atoms. The number of para-hydroxylation sites is 1. The van der Waals surface area contributed by atoms with Crippen LogP contribution in [0.4, 0.5) is 11.4 Å². The van der Waals surface area contributed by atoms with Crippen LogP contribution in [0.1, 0.15) is 26.3 Å². The van der Waals surface area contributed by atoms with Gasteiger partial charge in [-0.2, -0.15) is 0 Å². The van der Waals surface area contributed by atoms with Crippen molar-refractivity contribution in [3.05, 3.63) is 188 Å². The van der Waals surface area contributed by atoms with Crippen molar-refractivity contribution in [1.29, 1.82) is 0 Å². The maximum Gasteiger partial charge on any atom is 0.501 e. The molecule has 0 radical (unpaired) electrons. The molecule has 3 aromatic heterocycles. The molecule has 0 spiro atoms. The van der Waals surface area contributed by atoms with Crippen molar-refractivity contribution in [1.82, 2.24) is 24.5 Å². The lowest BCUT2D eigenvalue weighted by Gasteiger charge is -2.18. The molecule has 4 heterocycles. The molecule has 8 heteroatoms. The van der Waals surface area contributed by atoms with Crippen LogP contribution in [0.2, 0.25) is 0 Å². The van der Waals surface area contributed by atoms with Gasteiger partial charge in [0.05, 0.1) is 22.7 Å². The van der Waals surface area contributed by atoms with Crippen molar-refractivity contribution in [2.24, 2.45) is 0 Å². The summed E-state index contributed by atoms with van der Waals surface area (Å²) in [6, 6.07) is 58.7. The predicted molar refractivity (Wildman–Crippen MR) is 234 cm³/mol. The highest BCUT2D eigenvalue weighted by Gasteiger charge is 2.25. The van der Waals surface area contributed by atoms with Crippen molar-refractivity contribution in [3.8, 4) is 51.5 Å². The Labute approximate surface area is 342 Å². The summed E-state index contributed by atoms with van der Waals surface area (Å²) in [5, 5.41) is 2.10. The third-order valence-corrected chi connectivity index (χ3v) is 10.5. The van der Waals surface area contributed by atoms with Gasteiger partial charge in [0.2, 0.25) is 11.4 Å². The van der Waals surface area contributed by atoms with E-state index in [0.29, 0.717) is 29.0 Å². The first kappa shape index (κ1) is 35.6. The van der Waals surface area contributed by atoms with Gasteiger partial charge in [-0.25, -0.2) is 19.9 Å². The Morgan fingerprint density at radius 2 is 1.19 bits per heavy atom. The molecule has 0 saturated heterocycles. The lowest BCUT2D eigenvalue weighted by atomic mass is 9.87. The number of nitrogens with zero attached hydrogens (tertiary/aromatic N) is 7. The molecule has 0 fully saturated rings. The molecule has 6 aromatic carbocycles. The molecule has 1 aliphatic rings. The summed E-state index contributed by atoms with van der Waals surface area (Å²) in [5.41, 5.74) is 7.78. The Morgan fingerprint density at radius 3 is 1.86 bits per heavy atom. The fourth-order valence-corrected chi connectivity index (χ4v) is 7.47. The standard InChI is InChI=1S/C51H39N7O/c1-51(2,3)37-24-26-38(27-25-37)56-29-30-57(34-56)39-19-14-20-40(31-39)59-46-33-45-42(41-21-10-11-22-44(41)58(45)47-23-12-13-28-52-47)32-43(46)50-54-48(35-15-6-4-7-16-35)53-49(55-50)36-17-8-5-9-18-36/h4-33H,1-3H3/q+2. The number of benzene rings is 6. The quantitative estimate of drug-likeness (QED) is 0.144. The summed E-state index contributed by atoms with van der Waals surface area (Å²) in [6.07, 6.45) is 5.83. The Morgan fingerprint density at radius 1 is 0.542 bits per heavy atom. The van der Waals surface area contributed by atoms with Crippen LogP contribution in [0.25, 0.3) is 61.8 Å². The van der Waals surface area contributed by atoms with Crippen molar-refractivity contribution in [2.45, 2.75) is 26.2 Å². The second-order valence-corrected chi connectivity index (χ2v) is 15.5. The highest BCUT2D eigenvalue weighted by molar-refractivity contribution is 6.11. The average molecular weight is 766 g/mol. The van der Waals surface area contributed by atoms with Gasteiger partial charge in [0.1, 0.15) is 17.3 Å². The van der Waals surface area contributed by atoms with Crippen LogP contribution >= 0.6 is 0 Å². The highest BCUT2D eigenvalue weighted by atomic mass is 16.5. The fraction of sp³-hybridized carbons (Fsp3) is 0.0784. The van der Waals surface area contributed by atoms with E-state index in [1.807, 2.05) is 131 Å². The fourth-order valence-electron chi connectivity index (χ4n) is 7.47. The number of ether oxygens (including phenoxy) is 1. The molecule has 0 aliphatic carbocycles. The largest absolute Gasteiger partial charge is 0.501 e. The van der Waals surface area contributed by atoms with E-state index in [1.165, 1.54) is 5.56 Å². The summed E-state index contributed by atoms with van der Waals surface area (Å²) in [5.74, 6) is 3.68. The molecule has 10 rings (SSSR count). The summed E-state index contributed by atoms with van der Waals surface area (Å²) in [4.78, 5) is 20.0. The molecule has 59 heavy (non-hydrogen) atoms. The van der Waals surface area contributed by atoms with E-state index in [1.54, 1.807) is 0 Å². The number of pyridine rings is 1. The van der Waals surface area contributed by atoms with Gasteiger partial charge in [-0.05, 0) is 41.3 Å². The lowest BCUT2D eigenvalue weighted by Crippen LogP contribution is -2.10. The van der Waals surface area contributed by atoms with Crippen molar-refractivity contribution >= 4 is 39.2 Å². The second kappa shape index (κ2) is 14.6. The number of aromatic nitrogens is 5. The smallest absolute Gasteiger partial charge is 0.456 e. The SMILES string of the molecule is CC(C)(C)c1ccc([N+]2=C=[N+](c3cccc(Oc4cc5c(cc4-c4nc(-c6ccccc6)nc(-c6ccccc6)n4)c4ccccc4n5-c4ccccn4)c3)C=C2)cc1. The van der Waals surface area contributed by atoms with Gasteiger partial charge >= 0.3 is 6.01 Å². The molecule has 0 saturated carbocycles. The van der Waals surface area contributed by atoms with Gasteiger partial charge in [0.15, 0.2) is 17.5 Å². The first-order valence-corrected chi connectivity index (χ1v) is 19.6. The van der Waals surface area contributed by atoms with Gasteiger partial charge in [-0.15, -0.1) is 0 Å². The minimum Gasteiger partial charge on any atom is -0.456 e. The monoisotopic (exact) mass is 765 g/mol. The number of hydrogen-bond donors (Lipinski definition) is 0. The molecule has 9 aromatic rings. The van der Waals surface area contributed by atoms with Crippen LogP contribution in [-0.2, 0) is 5.41 Å². The maximum atomic E-state index is 6.98. The highest BCUT2D eigenvalue weighted by Crippen LogP contribution is 2.42. The van der Waals surface area contributed by atoms with E-state index in [2.05, 4.69) is 92.0 Å². The number of fused-ring (bicyclic) bond motifs is 3. The minimum atomic E-state index is 0.0799. The van der Waals surface area contributed by atoms with E-state index in [0.717, 1.165) is 55.7 Å². The van der Waals surface area contributed by atoms with Gasteiger partial charge in [-0.3, -0.25) is 4.57 Å². The first-order chi connectivity index (χ1) is 28.9. The van der Waals surface area contributed by atoms with E-state index in [9.17, 15) is 0 Å². The molecular formula is C51H39N7O+2. The summed E-state index contributed by atoms with van der Waals surface area (Å²) < 4.78 is 13.1. The third-order valence-electron chi connectivity index (χ3n) is 10.5. The minimum absolute atomic E-state index is 0.0799. The molecule has 1 aliphatic heterocycles. The Balaban J connectivity index is 1.15. The number of rotatable bonds is 8. The zero-order valence-corrected chi connectivity index (χ0v) is 32.9. The summed E-state index contributed by atoms with van der Waals surface area (Å²) >= 11 is 0. The Bertz CT molecular complexity index is 3070. The van der Waals surface area contributed by atoms with Crippen LogP contribution in [0.3, 0.4) is 0 Å². The van der Waals surface area contributed by atoms with Crippen LogP contribution < -0.4 is 4.74 Å². The molecule has 0 atom stereocenters. The van der Waals surface area contributed by atoms with Gasteiger partial charge in [0.25, 0.3) is 12.4 Å². The van der Waals surface area contributed by atoms with Crippen molar-refractivity contribution in [3.63, 3.8) is 0 Å². The van der Waals surface area contributed by atoms with Crippen LogP contribution in [0.5, 0.6) is 11.5 Å². The van der Waals surface area contributed by atoms with Crippen LogP contribution in [0.15, 0.2) is 182 Å². The van der Waals surface area contributed by atoms with Crippen molar-refractivity contribution in [2.75, 3.05) is 0 Å². The predicted octanol–water partition coefficient (Wildman–Crippen LogP) is 12.1. The molecule has 282 valence electrons. The lowest BCUT2D eigenvalue weighted by molar-refractivity contribution is -0.387. The Kier molecular flexibility index (Phi) is 8.82. The topological polar surface area (TPSA) is 71.7 Å². The van der Waals surface area contributed by atoms with Crippen LogP contribution in [0, 0.1) is 0 Å². The third kappa shape index (κ3) is 6.88. The van der Waals surface area contributed by atoms with Gasteiger partial charge in [0, 0.05) is 52.4 Å². The molecule has 0 unspecified atom stereocenters. The molecule has 0 N–H and O–H groups in total. The van der Waals surface area contributed by atoms with E-state index in [4.69, 9.17) is 24.7 Å². The maximum absolute atomic E-state index is 6.98. The number of hydrogen-bond acceptors (Lipinski definition) is 5. The molecule has 8 nitrogen and oxygen atoms in total. The summed E-state index contributed by atoms with van der Waals surface area (Å²) in [7, 11) is 0. The van der Waals surface area contributed by atoms with Gasteiger partial charge in [-0.1, -0.05) is 133 Å². The summed E-state index contributed by atoms with van der Waals surface area (Å²) in [6.45, 7) is 6.67. The normalized spacial score (nSPS) is 12.5. The zero-order chi connectivity index (χ0) is 39.9. The second-order valence-electron chi connectivity index (χ2n) is 15.5.